The number of benzene rings is 2. The number of hydrogen-bond donors (Lipinski definition) is 1. The van der Waals surface area contributed by atoms with E-state index in [2.05, 4.69) is 20.1 Å². The molecule has 0 saturated carbocycles. The number of methoxy groups -OCH3 is 1. The van der Waals surface area contributed by atoms with Gasteiger partial charge in [-0.15, -0.1) is 0 Å². The number of para-hydroxylation sites is 1. The molecule has 4 rings (SSSR count). The number of aromatic nitrogens is 3. The van der Waals surface area contributed by atoms with Crippen LogP contribution in [0.15, 0.2) is 79.1 Å². The SMILES string of the molecule is COc1ccc(-c2nn(-c3ccccc3)cc2C(=O)NCc2ccnc(OCC(F)(F)F)c2)cc1. The lowest BCUT2D eigenvalue weighted by molar-refractivity contribution is -0.154. The van der Waals surface area contributed by atoms with E-state index in [9.17, 15) is 18.0 Å². The van der Waals surface area contributed by atoms with Crippen molar-refractivity contribution >= 4 is 5.91 Å². The second-order valence-electron chi connectivity index (χ2n) is 7.49. The van der Waals surface area contributed by atoms with E-state index in [1.165, 1.54) is 12.3 Å². The van der Waals surface area contributed by atoms with Gasteiger partial charge in [0.1, 0.15) is 11.4 Å². The van der Waals surface area contributed by atoms with E-state index in [-0.39, 0.29) is 12.4 Å². The van der Waals surface area contributed by atoms with Crippen LogP contribution in [0.4, 0.5) is 13.2 Å². The van der Waals surface area contributed by atoms with Crippen molar-refractivity contribution in [2.24, 2.45) is 0 Å². The normalized spacial score (nSPS) is 11.2. The molecule has 0 aliphatic carbocycles. The first-order valence-corrected chi connectivity index (χ1v) is 10.5. The third-order valence-corrected chi connectivity index (χ3v) is 4.98. The number of pyridine rings is 1. The second kappa shape index (κ2) is 10.3. The Hall–Kier alpha value is -4.34. The maximum absolute atomic E-state index is 13.1. The van der Waals surface area contributed by atoms with E-state index in [0.29, 0.717) is 22.6 Å². The van der Waals surface area contributed by atoms with Crippen LogP contribution in [0.1, 0.15) is 15.9 Å². The first-order chi connectivity index (χ1) is 16.8. The molecule has 0 aliphatic rings. The molecule has 2 heterocycles. The van der Waals surface area contributed by atoms with Crippen LogP contribution >= 0.6 is 0 Å². The van der Waals surface area contributed by atoms with Gasteiger partial charge in [0.05, 0.1) is 18.4 Å². The van der Waals surface area contributed by atoms with Crippen LogP contribution in [0.25, 0.3) is 16.9 Å². The molecule has 0 bridgehead atoms. The highest BCUT2D eigenvalue weighted by molar-refractivity contribution is 5.99. The second-order valence-corrected chi connectivity index (χ2v) is 7.49. The Balaban J connectivity index is 1.56. The van der Waals surface area contributed by atoms with Crippen LogP contribution in [-0.2, 0) is 6.54 Å². The molecule has 1 N–H and O–H groups in total. The van der Waals surface area contributed by atoms with Gasteiger partial charge in [-0.05, 0) is 48.0 Å². The molecule has 0 radical (unpaired) electrons. The Labute approximate surface area is 199 Å². The van der Waals surface area contributed by atoms with Crippen LogP contribution in [-0.4, -0.2) is 40.6 Å². The summed E-state index contributed by atoms with van der Waals surface area (Å²) in [6.07, 6.45) is -1.51. The summed E-state index contributed by atoms with van der Waals surface area (Å²) in [4.78, 5) is 16.9. The summed E-state index contributed by atoms with van der Waals surface area (Å²) >= 11 is 0. The number of alkyl halides is 3. The smallest absolute Gasteiger partial charge is 0.422 e. The monoisotopic (exact) mass is 482 g/mol. The van der Waals surface area contributed by atoms with Crippen LogP contribution in [0.2, 0.25) is 0 Å². The van der Waals surface area contributed by atoms with Gasteiger partial charge < -0.3 is 14.8 Å². The zero-order valence-corrected chi connectivity index (χ0v) is 18.6. The molecular weight excluding hydrogens is 461 g/mol. The summed E-state index contributed by atoms with van der Waals surface area (Å²) in [6.45, 7) is -1.39. The molecule has 2 aromatic carbocycles. The van der Waals surface area contributed by atoms with Crippen LogP contribution in [0, 0.1) is 0 Å². The number of carbonyl (C=O) groups excluding carboxylic acids is 1. The van der Waals surface area contributed by atoms with Gasteiger partial charge >= 0.3 is 6.18 Å². The van der Waals surface area contributed by atoms with Crippen LogP contribution < -0.4 is 14.8 Å². The van der Waals surface area contributed by atoms with E-state index >= 15 is 0 Å². The molecule has 10 heteroatoms. The lowest BCUT2D eigenvalue weighted by Crippen LogP contribution is -2.23. The summed E-state index contributed by atoms with van der Waals surface area (Å²) < 4.78 is 48.7. The van der Waals surface area contributed by atoms with Crippen LogP contribution in [0.5, 0.6) is 11.6 Å². The highest BCUT2D eigenvalue weighted by Crippen LogP contribution is 2.26. The average Bonchev–Trinajstić information content (AvgIpc) is 3.32. The fourth-order valence-electron chi connectivity index (χ4n) is 3.29. The maximum Gasteiger partial charge on any atom is 0.422 e. The number of ether oxygens (including phenoxy) is 2. The first kappa shape index (κ1) is 23.8. The standard InChI is InChI=1S/C25H21F3N4O3/c1-34-20-9-7-18(8-10-20)23-21(15-32(31-23)19-5-3-2-4-6-19)24(33)30-14-17-11-12-29-22(13-17)35-16-25(26,27)28/h2-13,15H,14,16H2,1H3,(H,30,33). The molecule has 1 amide bonds. The topological polar surface area (TPSA) is 78.3 Å². The van der Waals surface area contributed by atoms with E-state index in [4.69, 9.17) is 4.74 Å². The molecule has 0 fully saturated rings. The minimum Gasteiger partial charge on any atom is -0.497 e. The number of nitrogens with one attached hydrogen (secondary N) is 1. The maximum atomic E-state index is 13.1. The van der Waals surface area contributed by atoms with Gasteiger partial charge in [0.15, 0.2) is 6.61 Å². The molecule has 180 valence electrons. The molecule has 7 nitrogen and oxygen atoms in total. The first-order valence-electron chi connectivity index (χ1n) is 10.5. The van der Waals surface area contributed by atoms with Gasteiger partial charge in [0, 0.05) is 30.6 Å². The number of carbonyl (C=O) groups is 1. The predicted molar refractivity (Wildman–Crippen MR) is 123 cm³/mol. The molecule has 0 saturated heterocycles. The Kier molecular flexibility index (Phi) is 7.00. The molecule has 2 aromatic heterocycles. The Bertz CT molecular complexity index is 1290. The van der Waals surface area contributed by atoms with Crippen molar-refractivity contribution in [3.8, 4) is 28.6 Å². The Morgan fingerprint density at radius 1 is 1.06 bits per heavy atom. The van der Waals surface area contributed by atoms with Crippen LogP contribution in [0.3, 0.4) is 0 Å². The van der Waals surface area contributed by atoms with E-state index in [1.807, 2.05) is 30.3 Å². The molecule has 0 aliphatic heterocycles. The number of amides is 1. The summed E-state index contributed by atoms with van der Waals surface area (Å²) in [6, 6.07) is 19.4. The Morgan fingerprint density at radius 2 is 1.80 bits per heavy atom. The number of hydrogen-bond acceptors (Lipinski definition) is 5. The van der Waals surface area contributed by atoms with Gasteiger partial charge in [-0.1, -0.05) is 18.2 Å². The molecule has 0 spiro atoms. The zero-order valence-electron chi connectivity index (χ0n) is 18.6. The third-order valence-electron chi connectivity index (χ3n) is 4.98. The van der Waals surface area contributed by atoms with Gasteiger partial charge in [0.2, 0.25) is 5.88 Å². The number of rotatable bonds is 8. The van der Waals surface area contributed by atoms with Gasteiger partial charge in [-0.2, -0.15) is 18.3 Å². The van der Waals surface area contributed by atoms with E-state index < -0.39 is 18.7 Å². The summed E-state index contributed by atoms with van der Waals surface area (Å²) in [5.41, 5.74) is 2.84. The molecule has 0 atom stereocenters. The lowest BCUT2D eigenvalue weighted by Gasteiger charge is -2.10. The molecule has 4 aromatic rings. The van der Waals surface area contributed by atoms with Crippen molar-refractivity contribution in [2.45, 2.75) is 12.7 Å². The van der Waals surface area contributed by atoms with Crippen molar-refractivity contribution < 1.29 is 27.4 Å². The van der Waals surface area contributed by atoms with Gasteiger partial charge in [0.25, 0.3) is 5.91 Å². The quantitative estimate of drug-likeness (QED) is 0.390. The van der Waals surface area contributed by atoms with Gasteiger partial charge in [-0.25, -0.2) is 9.67 Å². The largest absolute Gasteiger partial charge is 0.497 e. The minimum atomic E-state index is -4.47. The minimum absolute atomic E-state index is 0.0578. The highest BCUT2D eigenvalue weighted by Gasteiger charge is 2.28. The third kappa shape index (κ3) is 6.17. The van der Waals surface area contributed by atoms with Crippen molar-refractivity contribution in [1.82, 2.24) is 20.1 Å². The van der Waals surface area contributed by atoms with E-state index in [0.717, 1.165) is 11.3 Å². The molecular formula is C25H21F3N4O3. The van der Waals surface area contributed by atoms with E-state index in [1.54, 1.807) is 48.3 Å². The van der Waals surface area contributed by atoms with Crippen molar-refractivity contribution in [3.63, 3.8) is 0 Å². The number of halogens is 3. The summed E-state index contributed by atoms with van der Waals surface area (Å²) in [7, 11) is 1.57. The fourth-order valence-corrected chi connectivity index (χ4v) is 3.29. The molecule has 0 unspecified atom stereocenters. The van der Waals surface area contributed by atoms with Crippen molar-refractivity contribution in [1.29, 1.82) is 0 Å². The van der Waals surface area contributed by atoms with Crippen molar-refractivity contribution in [3.05, 3.63) is 90.3 Å². The molecule has 35 heavy (non-hydrogen) atoms. The highest BCUT2D eigenvalue weighted by atomic mass is 19.4. The lowest BCUT2D eigenvalue weighted by atomic mass is 10.1. The summed E-state index contributed by atoms with van der Waals surface area (Å²) in [5, 5.41) is 7.41. The fraction of sp³-hybridized carbons (Fsp3) is 0.160. The predicted octanol–water partition coefficient (Wildman–Crippen LogP) is 4.81. The average molecular weight is 482 g/mol. The van der Waals surface area contributed by atoms with Crippen molar-refractivity contribution in [2.75, 3.05) is 13.7 Å². The Morgan fingerprint density at radius 3 is 2.49 bits per heavy atom. The summed E-state index contributed by atoms with van der Waals surface area (Å²) in [5.74, 6) is 0.0981. The van der Waals surface area contributed by atoms with Gasteiger partial charge in [-0.3, -0.25) is 4.79 Å². The number of nitrogens with zero attached hydrogens (tertiary/aromatic N) is 3. The zero-order chi connectivity index (χ0) is 24.8.